The van der Waals surface area contributed by atoms with Gasteiger partial charge in [0, 0.05) is 29.5 Å². The number of nitrogens with zero attached hydrogens (tertiary/aromatic N) is 2. The molecule has 0 fully saturated rings. The standard InChI is InChI=1S/C11H8ClN3O/c12-8-2-1-7-5-10-13-3-4-15(10)11(16)14-9(7)6-8/h1-4,6H,5H2,(H,14,16). The lowest BCUT2D eigenvalue weighted by Crippen LogP contribution is -2.18. The number of benzene rings is 1. The molecule has 80 valence electrons. The third-order valence-electron chi connectivity index (χ3n) is 2.60. The Morgan fingerprint density at radius 2 is 2.31 bits per heavy atom. The number of aromatic nitrogens is 2. The normalized spacial score (nSPS) is 13.7. The molecule has 0 atom stereocenters. The summed E-state index contributed by atoms with van der Waals surface area (Å²) in [6.45, 7) is 0. The van der Waals surface area contributed by atoms with Gasteiger partial charge < -0.3 is 5.32 Å². The van der Waals surface area contributed by atoms with E-state index in [4.69, 9.17) is 11.6 Å². The van der Waals surface area contributed by atoms with Crippen LogP contribution in [0.15, 0.2) is 30.6 Å². The lowest BCUT2D eigenvalue weighted by Gasteiger charge is -2.05. The Balaban J connectivity index is 2.16. The summed E-state index contributed by atoms with van der Waals surface area (Å²) in [7, 11) is 0. The van der Waals surface area contributed by atoms with Crippen molar-refractivity contribution in [1.82, 2.24) is 9.55 Å². The van der Waals surface area contributed by atoms with Crippen molar-refractivity contribution in [3.63, 3.8) is 0 Å². The van der Waals surface area contributed by atoms with Crippen LogP contribution in [0.3, 0.4) is 0 Å². The van der Waals surface area contributed by atoms with Crippen molar-refractivity contribution in [2.75, 3.05) is 5.32 Å². The molecule has 0 radical (unpaired) electrons. The van der Waals surface area contributed by atoms with E-state index in [0.717, 1.165) is 17.1 Å². The van der Waals surface area contributed by atoms with Crippen LogP contribution in [0.1, 0.15) is 11.4 Å². The van der Waals surface area contributed by atoms with E-state index in [0.29, 0.717) is 11.4 Å². The van der Waals surface area contributed by atoms with Crippen molar-refractivity contribution < 1.29 is 4.79 Å². The van der Waals surface area contributed by atoms with Crippen molar-refractivity contribution >= 4 is 23.3 Å². The minimum absolute atomic E-state index is 0.200. The van der Waals surface area contributed by atoms with Crippen LogP contribution in [0, 0.1) is 0 Å². The highest BCUT2D eigenvalue weighted by atomic mass is 35.5. The van der Waals surface area contributed by atoms with Crippen molar-refractivity contribution in [3.8, 4) is 0 Å². The quantitative estimate of drug-likeness (QED) is 0.760. The third kappa shape index (κ3) is 1.39. The van der Waals surface area contributed by atoms with E-state index in [1.165, 1.54) is 4.57 Å². The number of amides is 1. The van der Waals surface area contributed by atoms with Crippen LogP contribution in [0.25, 0.3) is 0 Å². The van der Waals surface area contributed by atoms with Crippen LogP contribution in [0.4, 0.5) is 10.5 Å². The van der Waals surface area contributed by atoms with Gasteiger partial charge in [-0.25, -0.2) is 9.78 Å². The van der Waals surface area contributed by atoms with Gasteiger partial charge >= 0.3 is 6.03 Å². The molecule has 3 rings (SSSR count). The van der Waals surface area contributed by atoms with Gasteiger partial charge in [0.05, 0.1) is 0 Å². The Hall–Kier alpha value is -1.81. The number of imidazole rings is 1. The molecule has 1 aromatic carbocycles. The van der Waals surface area contributed by atoms with Gasteiger partial charge in [0.1, 0.15) is 5.82 Å². The van der Waals surface area contributed by atoms with E-state index in [2.05, 4.69) is 10.3 Å². The van der Waals surface area contributed by atoms with E-state index in [9.17, 15) is 4.79 Å². The molecule has 1 N–H and O–H groups in total. The molecule has 4 nitrogen and oxygen atoms in total. The van der Waals surface area contributed by atoms with E-state index < -0.39 is 0 Å². The highest BCUT2D eigenvalue weighted by molar-refractivity contribution is 6.31. The van der Waals surface area contributed by atoms with E-state index in [1.54, 1.807) is 18.5 Å². The number of hydrogen-bond donors (Lipinski definition) is 1. The number of fused-ring (bicyclic) bond motifs is 2. The molecule has 0 spiro atoms. The van der Waals surface area contributed by atoms with Crippen LogP contribution in [-0.2, 0) is 6.42 Å². The average Bonchev–Trinajstić information content (AvgIpc) is 2.65. The summed E-state index contributed by atoms with van der Waals surface area (Å²) in [5.74, 6) is 0.735. The van der Waals surface area contributed by atoms with Crippen LogP contribution in [0.5, 0.6) is 0 Å². The van der Waals surface area contributed by atoms with E-state index in [-0.39, 0.29) is 6.03 Å². The predicted octanol–water partition coefficient (Wildman–Crippen LogP) is 2.52. The second-order valence-electron chi connectivity index (χ2n) is 3.62. The molecule has 2 aromatic rings. The highest BCUT2D eigenvalue weighted by Crippen LogP contribution is 2.25. The summed E-state index contributed by atoms with van der Waals surface area (Å²) >= 11 is 5.89. The van der Waals surface area contributed by atoms with Gasteiger partial charge in [0.15, 0.2) is 0 Å². The molecule has 16 heavy (non-hydrogen) atoms. The fourth-order valence-corrected chi connectivity index (χ4v) is 1.99. The maximum Gasteiger partial charge on any atom is 0.331 e. The maximum absolute atomic E-state index is 11.8. The van der Waals surface area contributed by atoms with Gasteiger partial charge in [-0.2, -0.15) is 0 Å². The first-order valence-electron chi connectivity index (χ1n) is 4.86. The van der Waals surface area contributed by atoms with Crippen molar-refractivity contribution in [1.29, 1.82) is 0 Å². The number of rotatable bonds is 0. The second-order valence-corrected chi connectivity index (χ2v) is 4.06. The topological polar surface area (TPSA) is 46.9 Å². The minimum Gasteiger partial charge on any atom is -0.307 e. The Bertz CT molecular complexity index is 576. The van der Waals surface area contributed by atoms with Crippen molar-refractivity contribution in [2.45, 2.75) is 6.42 Å². The fourth-order valence-electron chi connectivity index (χ4n) is 1.81. The third-order valence-corrected chi connectivity index (χ3v) is 2.83. The molecule has 0 aliphatic carbocycles. The number of nitrogens with one attached hydrogen (secondary N) is 1. The fraction of sp³-hybridized carbons (Fsp3) is 0.0909. The SMILES string of the molecule is O=C1Nc2cc(Cl)ccc2Cc2nccn21. The lowest BCUT2D eigenvalue weighted by atomic mass is 10.1. The Morgan fingerprint density at radius 1 is 1.44 bits per heavy atom. The van der Waals surface area contributed by atoms with Crippen LogP contribution >= 0.6 is 11.6 Å². The Morgan fingerprint density at radius 3 is 3.19 bits per heavy atom. The maximum atomic E-state index is 11.8. The molecule has 2 heterocycles. The number of carbonyl (C=O) groups is 1. The zero-order chi connectivity index (χ0) is 11.1. The molecule has 0 bridgehead atoms. The number of anilines is 1. The largest absolute Gasteiger partial charge is 0.331 e. The summed E-state index contributed by atoms with van der Waals surface area (Å²) < 4.78 is 1.51. The smallest absolute Gasteiger partial charge is 0.307 e. The molecule has 0 saturated carbocycles. The van der Waals surface area contributed by atoms with Gasteiger partial charge in [0.2, 0.25) is 0 Å². The van der Waals surface area contributed by atoms with E-state index in [1.807, 2.05) is 12.1 Å². The first-order chi connectivity index (χ1) is 7.74. The molecule has 1 aromatic heterocycles. The van der Waals surface area contributed by atoms with Crippen LogP contribution in [-0.4, -0.2) is 15.6 Å². The van der Waals surface area contributed by atoms with Crippen molar-refractivity contribution in [3.05, 3.63) is 47.0 Å². The summed E-state index contributed by atoms with van der Waals surface area (Å²) in [4.78, 5) is 16.0. The zero-order valence-electron chi connectivity index (χ0n) is 8.27. The molecule has 0 saturated heterocycles. The van der Waals surface area contributed by atoms with Crippen LogP contribution < -0.4 is 5.32 Å². The molecular formula is C11H8ClN3O. The summed E-state index contributed by atoms with van der Waals surface area (Å²) in [5, 5.41) is 3.41. The monoisotopic (exact) mass is 233 g/mol. The average molecular weight is 234 g/mol. The molecular weight excluding hydrogens is 226 g/mol. The molecule has 1 aliphatic heterocycles. The second kappa shape index (κ2) is 3.35. The van der Waals surface area contributed by atoms with Gasteiger partial charge in [-0.15, -0.1) is 0 Å². The summed E-state index contributed by atoms with van der Waals surface area (Å²) in [6, 6.07) is 5.27. The number of hydrogen-bond acceptors (Lipinski definition) is 2. The Labute approximate surface area is 96.9 Å². The van der Waals surface area contributed by atoms with E-state index >= 15 is 0 Å². The Kier molecular flexibility index (Phi) is 1.97. The predicted molar refractivity (Wildman–Crippen MR) is 60.9 cm³/mol. The zero-order valence-corrected chi connectivity index (χ0v) is 9.03. The van der Waals surface area contributed by atoms with Crippen molar-refractivity contribution in [2.24, 2.45) is 0 Å². The molecule has 5 heteroatoms. The summed E-state index contributed by atoms with van der Waals surface area (Å²) in [6.07, 6.45) is 3.90. The van der Waals surface area contributed by atoms with Crippen LogP contribution in [0.2, 0.25) is 5.02 Å². The molecule has 1 aliphatic rings. The highest BCUT2D eigenvalue weighted by Gasteiger charge is 2.18. The first kappa shape index (κ1) is 9.42. The van der Waals surface area contributed by atoms with Gasteiger partial charge in [-0.1, -0.05) is 17.7 Å². The lowest BCUT2D eigenvalue weighted by molar-refractivity contribution is 0.253. The number of carbonyl (C=O) groups excluding carboxylic acids is 1. The van der Waals surface area contributed by atoms with Gasteiger partial charge in [0.25, 0.3) is 0 Å². The number of halogens is 1. The van der Waals surface area contributed by atoms with Gasteiger partial charge in [-0.3, -0.25) is 4.57 Å². The molecule has 0 unspecified atom stereocenters. The minimum atomic E-state index is -0.200. The summed E-state index contributed by atoms with van der Waals surface area (Å²) in [5.41, 5.74) is 1.77. The first-order valence-corrected chi connectivity index (χ1v) is 5.24. The van der Waals surface area contributed by atoms with Gasteiger partial charge in [-0.05, 0) is 17.7 Å². The molecule has 1 amide bonds.